The van der Waals surface area contributed by atoms with E-state index in [-0.39, 0.29) is 0 Å². The van der Waals surface area contributed by atoms with Gasteiger partial charge in [0.15, 0.2) is 0 Å². The van der Waals surface area contributed by atoms with Crippen molar-refractivity contribution in [3.63, 3.8) is 0 Å². The third-order valence-corrected chi connectivity index (χ3v) is 6.73. The van der Waals surface area contributed by atoms with E-state index in [2.05, 4.69) is 62.3 Å². The zero-order valence-corrected chi connectivity index (χ0v) is 17.6. The van der Waals surface area contributed by atoms with Crippen LogP contribution in [0.5, 0.6) is 0 Å². The van der Waals surface area contributed by atoms with Crippen LogP contribution in [0.3, 0.4) is 0 Å². The number of pyridine rings is 1. The van der Waals surface area contributed by atoms with Crippen molar-refractivity contribution in [3.8, 4) is 11.1 Å². The van der Waals surface area contributed by atoms with Crippen LogP contribution in [0.1, 0.15) is 89.2 Å². The van der Waals surface area contributed by atoms with Crippen LogP contribution >= 0.6 is 0 Å². The molecule has 27 heavy (non-hydrogen) atoms. The normalized spacial score (nSPS) is 21.1. The van der Waals surface area contributed by atoms with Crippen molar-refractivity contribution >= 4 is 0 Å². The first-order valence-electron chi connectivity index (χ1n) is 11.3. The van der Waals surface area contributed by atoms with E-state index in [1.54, 1.807) is 0 Å². The van der Waals surface area contributed by atoms with Crippen LogP contribution in [-0.2, 0) is 6.42 Å². The highest BCUT2D eigenvalue weighted by molar-refractivity contribution is 5.71. The van der Waals surface area contributed by atoms with Gasteiger partial charge in [0, 0.05) is 12.4 Å². The first kappa shape index (κ1) is 20.1. The van der Waals surface area contributed by atoms with Gasteiger partial charge in [-0.15, -0.1) is 0 Å². The molecule has 1 aliphatic carbocycles. The number of aromatic nitrogens is 1. The maximum Gasteiger partial charge on any atom is 0.0308 e. The smallest absolute Gasteiger partial charge is 0.0308 e. The molecule has 1 aromatic carbocycles. The van der Waals surface area contributed by atoms with Gasteiger partial charge in [0.05, 0.1) is 0 Å². The van der Waals surface area contributed by atoms with E-state index in [0.717, 1.165) is 18.3 Å². The number of nitrogens with zero attached hydrogens (tertiary/aromatic N) is 1. The molecule has 1 atom stereocenters. The summed E-state index contributed by atoms with van der Waals surface area (Å²) in [5.74, 6) is 2.38. The maximum atomic E-state index is 4.52. The highest BCUT2D eigenvalue weighted by Crippen LogP contribution is 2.42. The Hall–Kier alpha value is -1.63. The van der Waals surface area contributed by atoms with Gasteiger partial charge in [0.25, 0.3) is 0 Å². The molecule has 1 unspecified atom stereocenters. The monoisotopic (exact) mass is 363 g/mol. The fraction of sp³-hybridized carbons (Fsp3) is 0.577. The highest BCUT2D eigenvalue weighted by Gasteiger charge is 2.27. The number of hydrogen-bond acceptors (Lipinski definition) is 1. The van der Waals surface area contributed by atoms with E-state index in [4.69, 9.17) is 0 Å². The molecule has 0 spiro atoms. The van der Waals surface area contributed by atoms with Gasteiger partial charge in [-0.2, -0.15) is 0 Å². The lowest BCUT2D eigenvalue weighted by atomic mass is 9.72. The average molecular weight is 364 g/mol. The fourth-order valence-electron chi connectivity index (χ4n) is 5.01. The molecule has 0 amide bonds. The molecule has 1 saturated carbocycles. The summed E-state index contributed by atoms with van der Waals surface area (Å²) in [6.07, 6.45) is 16.3. The van der Waals surface area contributed by atoms with E-state index in [0.29, 0.717) is 5.92 Å². The van der Waals surface area contributed by atoms with E-state index in [1.165, 1.54) is 73.6 Å². The molecular weight excluding hydrogens is 326 g/mol. The Labute approximate surface area is 166 Å². The van der Waals surface area contributed by atoms with Crippen LogP contribution in [-0.4, -0.2) is 4.98 Å². The highest BCUT2D eigenvalue weighted by atomic mass is 14.6. The molecule has 146 valence electrons. The summed E-state index contributed by atoms with van der Waals surface area (Å²) >= 11 is 0. The molecule has 0 bridgehead atoms. The van der Waals surface area contributed by atoms with Crippen LogP contribution in [0.25, 0.3) is 11.1 Å². The van der Waals surface area contributed by atoms with Gasteiger partial charge in [0.2, 0.25) is 0 Å². The lowest BCUT2D eigenvalue weighted by Crippen LogP contribution is -2.19. The summed E-state index contributed by atoms with van der Waals surface area (Å²) in [7, 11) is 0. The molecular formula is C26H37N. The second-order valence-corrected chi connectivity index (χ2v) is 8.58. The molecule has 1 aromatic heterocycles. The molecule has 0 saturated heterocycles. The lowest BCUT2D eigenvalue weighted by Gasteiger charge is -2.33. The summed E-state index contributed by atoms with van der Waals surface area (Å²) in [6, 6.07) is 11.2. The number of rotatable bonds is 8. The summed E-state index contributed by atoms with van der Waals surface area (Å²) in [6.45, 7) is 7.03. The molecule has 1 aliphatic rings. The van der Waals surface area contributed by atoms with E-state index in [1.807, 2.05) is 6.20 Å². The van der Waals surface area contributed by atoms with Gasteiger partial charge in [-0.05, 0) is 65.3 Å². The number of unbranched alkanes of at least 4 members (excludes halogenated alkanes) is 1. The standard InChI is InChI=1S/C26H37N/c1-4-6-10-21-13-15-22(16-14-21)20(3)26-19-27-18-17-25(26)24-12-8-7-11-23(24)9-5-2/h7-8,11-12,17-22H,4-6,9-10,13-16H2,1-3H3. The van der Waals surface area contributed by atoms with Crippen molar-refractivity contribution in [1.82, 2.24) is 4.98 Å². The molecule has 1 heterocycles. The molecule has 1 nitrogen and oxygen atoms in total. The van der Waals surface area contributed by atoms with Crippen molar-refractivity contribution in [2.24, 2.45) is 11.8 Å². The van der Waals surface area contributed by atoms with Crippen molar-refractivity contribution in [3.05, 3.63) is 53.9 Å². The van der Waals surface area contributed by atoms with Crippen LogP contribution in [0.4, 0.5) is 0 Å². The van der Waals surface area contributed by atoms with Gasteiger partial charge >= 0.3 is 0 Å². The van der Waals surface area contributed by atoms with Crippen molar-refractivity contribution in [1.29, 1.82) is 0 Å². The Balaban J connectivity index is 1.78. The predicted molar refractivity (Wildman–Crippen MR) is 117 cm³/mol. The number of benzene rings is 1. The van der Waals surface area contributed by atoms with E-state index >= 15 is 0 Å². The molecule has 1 heteroatoms. The van der Waals surface area contributed by atoms with E-state index < -0.39 is 0 Å². The molecule has 0 radical (unpaired) electrons. The summed E-state index contributed by atoms with van der Waals surface area (Å²) < 4.78 is 0. The largest absolute Gasteiger partial charge is 0.264 e. The average Bonchev–Trinajstić information content (AvgIpc) is 2.73. The minimum absolute atomic E-state index is 0.593. The third kappa shape index (κ3) is 5.00. The van der Waals surface area contributed by atoms with Crippen LogP contribution in [0.2, 0.25) is 0 Å². The zero-order valence-electron chi connectivity index (χ0n) is 17.6. The van der Waals surface area contributed by atoms with Gasteiger partial charge in [-0.3, -0.25) is 4.98 Å². The summed E-state index contributed by atoms with van der Waals surface area (Å²) in [5, 5.41) is 0. The van der Waals surface area contributed by atoms with Gasteiger partial charge in [-0.25, -0.2) is 0 Å². The van der Waals surface area contributed by atoms with Crippen LogP contribution < -0.4 is 0 Å². The van der Waals surface area contributed by atoms with Crippen molar-refractivity contribution < 1.29 is 0 Å². The van der Waals surface area contributed by atoms with Crippen LogP contribution in [0.15, 0.2) is 42.7 Å². The quantitative estimate of drug-likeness (QED) is 0.466. The first-order valence-corrected chi connectivity index (χ1v) is 11.3. The lowest BCUT2D eigenvalue weighted by molar-refractivity contribution is 0.237. The Morgan fingerprint density at radius 1 is 0.963 bits per heavy atom. The molecule has 2 aromatic rings. The SMILES string of the molecule is CCCCC1CCC(C(C)c2cnccc2-c2ccccc2CCC)CC1. The van der Waals surface area contributed by atoms with Gasteiger partial charge in [-0.1, -0.05) is 83.6 Å². The number of hydrogen-bond donors (Lipinski definition) is 0. The molecule has 1 fully saturated rings. The minimum atomic E-state index is 0.593. The Bertz CT molecular complexity index is 697. The number of aryl methyl sites for hydroxylation is 1. The third-order valence-electron chi connectivity index (χ3n) is 6.73. The molecule has 0 N–H and O–H groups in total. The van der Waals surface area contributed by atoms with Crippen molar-refractivity contribution in [2.75, 3.05) is 0 Å². The zero-order chi connectivity index (χ0) is 19.1. The Morgan fingerprint density at radius 2 is 1.74 bits per heavy atom. The summed E-state index contributed by atoms with van der Waals surface area (Å²) in [5.41, 5.74) is 5.76. The second-order valence-electron chi connectivity index (χ2n) is 8.58. The Kier molecular flexibility index (Phi) is 7.50. The van der Waals surface area contributed by atoms with Gasteiger partial charge < -0.3 is 0 Å². The predicted octanol–water partition coefficient (Wildman–Crippen LogP) is 7.80. The van der Waals surface area contributed by atoms with E-state index in [9.17, 15) is 0 Å². The van der Waals surface area contributed by atoms with Crippen LogP contribution in [0, 0.1) is 11.8 Å². The van der Waals surface area contributed by atoms with Crippen molar-refractivity contribution in [2.45, 2.75) is 84.5 Å². The summed E-state index contributed by atoms with van der Waals surface area (Å²) in [4.78, 5) is 4.52. The van der Waals surface area contributed by atoms with Gasteiger partial charge in [0.1, 0.15) is 0 Å². The molecule has 0 aliphatic heterocycles. The first-order chi connectivity index (χ1) is 13.2. The minimum Gasteiger partial charge on any atom is -0.264 e. The Morgan fingerprint density at radius 3 is 2.48 bits per heavy atom. The fourth-order valence-corrected chi connectivity index (χ4v) is 5.01. The topological polar surface area (TPSA) is 12.9 Å². The second kappa shape index (κ2) is 10.1. The molecule has 3 rings (SSSR count). The maximum absolute atomic E-state index is 4.52.